The van der Waals surface area contributed by atoms with Crippen LogP contribution in [0.2, 0.25) is 10.2 Å². The van der Waals surface area contributed by atoms with Crippen LogP contribution in [0.4, 0.5) is 11.5 Å². The minimum absolute atomic E-state index is 0.148. The fourth-order valence-electron chi connectivity index (χ4n) is 4.40. The Kier molecular flexibility index (Phi) is 8.40. The first kappa shape index (κ1) is 24.5. The van der Waals surface area contributed by atoms with Crippen LogP contribution in [0.25, 0.3) is 0 Å². The third kappa shape index (κ3) is 6.27. The van der Waals surface area contributed by atoms with Gasteiger partial charge in [0.1, 0.15) is 11.0 Å². The van der Waals surface area contributed by atoms with Crippen molar-refractivity contribution in [2.24, 2.45) is 0 Å². The number of amides is 1. The van der Waals surface area contributed by atoms with E-state index >= 15 is 0 Å². The minimum Gasteiger partial charge on any atom is -0.396 e. The summed E-state index contributed by atoms with van der Waals surface area (Å²) in [6.45, 7) is 1.90. The van der Waals surface area contributed by atoms with Crippen LogP contribution in [-0.4, -0.2) is 46.6 Å². The molecule has 1 aliphatic rings. The minimum atomic E-state index is -0.279. The van der Waals surface area contributed by atoms with Crippen LogP contribution in [0.15, 0.2) is 66.7 Å². The first-order valence-corrected chi connectivity index (χ1v) is 12.2. The lowest BCUT2D eigenvalue weighted by Gasteiger charge is -2.38. The van der Waals surface area contributed by atoms with E-state index in [0.29, 0.717) is 33.7 Å². The van der Waals surface area contributed by atoms with E-state index in [9.17, 15) is 9.90 Å². The maximum Gasteiger partial charge on any atom is 0.259 e. The molecule has 0 saturated carbocycles. The molecule has 3 aromatic rings. The van der Waals surface area contributed by atoms with Gasteiger partial charge in [0.2, 0.25) is 0 Å². The van der Waals surface area contributed by atoms with Gasteiger partial charge in [-0.25, -0.2) is 4.98 Å². The first-order valence-electron chi connectivity index (χ1n) is 11.4. The molecule has 178 valence electrons. The predicted octanol–water partition coefficient (Wildman–Crippen LogP) is 5.64. The van der Waals surface area contributed by atoms with Crippen molar-refractivity contribution in [1.82, 2.24) is 9.88 Å². The molecule has 4 rings (SSSR count). The SMILES string of the molecule is O=C(Nc1cccc(Cl)c1)c1ccc(Cl)nc1NC1CCN(C(CCO)c2ccccc2)CC1. The molecular weight excluding hydrogens is 471 g/mol. The number of rotatable bonds is 8. The second-order valence-electron chi connectivity index (χ2n) is 8.39. The first-order chi connectivity index (χ1) is 16.5. The number of carbonyl (C=O) groups excluding carboxylic acids is 1. The van der Waals surface area contributed by atoms with Crippen molar-refractivity contribution < 1.29 is 9.90 Å². The summed E-state index contributed by atoms with van der Waals surface area (Å²) < 4.78 is 0. The summed E-state index contributed by atoms with van der Waals surface area (Å²) in [5.74, 6) is 0.193. The van der Waals surface area contributed by atoms with Gasteiger partial charge < -0.3 is 15.7 Å². The van der Waals surface area contributed by atoms with E-state index < -0.39 is 0 Å². The molecule has 0 aliphatic carbocycles. The number of likely N-dealkylation sites (tertiary alicyclic amines) is 1. The quantitative estimate of drug-likeness (QED) is 0.350. The summed E-state index contributed by atoms with van der Waals surface area (Å²) >= 11 is 12.2. The van der Waals surface area contributed by atoms with Crippen LogP contribution in [0.3, 0.4) is 0 Å². The lowest BCUT2D eigenvalue weighted by atomic mass is 9.97. The highest BCUT2D eigenvalue weighted by atomic mass is 35.5. The maximum atomic E-state index is 13.0. The third-order valence-electron chi connectivity index (χ3n) is 6.09. The van der Waals surface area contributed by atoms with Gasteiger partial charge in [-0.2, -0.15) is 0 Å². The zero-order chi connectivity index (χ0) is 23.9. The molecule has 6 nitrogen and oxygen atoms in total. The van der Waals surface area contributed by atoms with E-state index in [4.69, 9.17) is 23.2 Å². The number of benzene rings is 2. The van der Waals surface area contributed by atoms with Crippen molar-refractivity contribution in [2.45, 2.75) is 31.3 Å². The zero-order valence-corrected chi connectivity index (χ0v) is 20.3. The number of nitrogens with zero attached hydrogens (tertiary/aromatic N) is 2. The molecule has 0 bridgehead atoms. The fourth-order valence-corrected chi connectivity index (χ4v) is 4.74. The van der Waals surface area contributed by atoms with Crippen LogP contribution in [-0.2, 0) is 0 Å². The number of aliphatic hydroxyl groups is 1. The summed E-state index contributed by atoms with van der Waals surface area (Å²) in [6.07, 6.45) is 2.47. The van der Waals surface area contributed by atoms with Gasteiger partial charge in [0.15, 0.2) is 0 Å². The Balaban J connectivity index is 1.42. The average Bonchev–Trinajstić information content (AvgIpc) is 2.84. The Morgan fingerprint density at radius 2 is 1.82 bits per heavy atom. The number of nitrogens with one attached hydrogen (secondary N) is 2. The Morgan fingerprint density at radius 1 is 1.06 bits per heavy atom. The van der Waals surface area contributed by atoms with Crippen molar-refractivity contribution in [3.63, 3.8) is 0 Å². The Bertz CT molecular complexity index is 1100. The van der Waals surface area contributed by atoms with Crippen LogP contribution < -0.4 is 10.6 Å². The third-order valence-corrected chi connectivity index (χ3v) is 6.53. The fraction of sp³-hybridized carbons (Fsp3) is 0.308. The normalized spacial score (nSPS) is 15.6. The number of halogens is 2. The van der Waals surface area contributed by atoms with Crippen molar-refractivity contribution in [1.29, 1.82) is 0 Å². The number of aliphatic hydroxyl groups excluding tert-OH is 1. The smallest absolute Gasteiger partial charge is 0.259 e. The lowest BCUT2D eigenvalue weighted by molar-refractivity contribution is 0.102. The molecule has 2 aromatic carbocycles. The van der Waals surface area contributed by atoms with Crippen LogP contribution >= 0.6 is 23.2 Å². The molecule has 0 radical (unpaired) electrons. The summed E-state index contributed by atoms with van der Waals surface area (Å²) in [4.78, 5) is 19.8. The molecule has 34 heavy (non-hydrogen) atoms. The number of carbonyl (C=O) groups is 1. The standard InChI is InChI=1S/C26H28Cl2N4O2/c27-19-7-4-8-21(17-19)30-26(34)22-9-10-24(28)31-25(22)29-20-11-14-32(15-12-20)23(13-16-33)18-5-2-1-3-6-18/h1-10,17,20,23,33H,11-16H2,(H,29,31)(H,30,34). The molecule has 3 N–H and O–H groups in total. The van der Waals surface area contributed by atoms with Crippen LogP contribution in [0, 0.1) is 0 Å². The average molecular weight is 499 g/mol. The van der Waals surface area contributed by atoms with E-state index in [1.54, 1.807) is 36.4 Å². The largest absolute Gasteiger partial charge is 0.396 e. The number of anilines is 2. The Labute approximate surface area is 209 Å². The molecular formula is C26H28Cl2N4O2. The van der Waals surface area contributed by atoms with E-state index in [-0.39, 0.29) is 24.6 Å². The van der Waals surface area contributed by atoms with Crippen LogP contribution in [0.1, 0.15) is 41.2 Å². The van der Waals surface area contributed by atoms with Gasteiger partial charge in [-0.1, -0.05) is 59.6 Å². The molecule has 1 unspecified atom stereocenters. The van der Waals surface area contributed by atoms with Crippen molar-refractivity contribution >= 4 is 40.6 Å². The van der Waals surface area contributed by atoms with Gasteiger partial charge in [-0.15, -0.1) is 0 Å². The molecule has 1 fully saturated rings. The highest BCUT2D eigenvalue weighted by Crippen LogP contribution is 2.29. The van der Waals surface area contributed by atoms with Gasteiger partial charge in [-0.3, -0.25) is 9.69 Å². The van der Waals surface area contributed by atoms with Gasteiger partial charge in [0.25, 0.3) is 5.91 Å². The van der Waals surface area contributed by atoms with Gasteiger partial charge in [0.05, 0.1) is 5.56 Å². The Morgan fingerprint density at radius 3 is 2.53 bits per heavy atom. The highest BCUT2D eigenvalue weighted by Gasteiger charge is 2.27. The van der Waals surface area contributed by atoms with E-state index in [2.05, 4.69) is 32.7 Å². The van der Waals surface area contributed by atoms with Crippen molar-refractivity contribution in [3.8, 4) is 0 Å². The molecule has 1 saturated heterocycles. The van der Waals surface area contributed by atoms with Gasteiger partial charge in [0, 0.05) is 42.5 Å². The summed E-state index contributed by atoms with van der Waals surface area (Å²) in [5.41, 5.74) is 2.26. The summed E-state index contributed by atoms with van der Waals surface area (Å²) in [7, 11) is 0. The molecule has 1 aliphatic heterocycles. The number of pyridine rings is 1. The molecule has 1 aromatic heterocycles. The van der Waals surface area contributed by atoms with E-state index in [1.807, 2.05) is 18.2 Å². The highest BCUT2D eigenvalue weighted by molar-refractivity contribution is 6.31. The van der Waals surface area contributed by atoms with E-state index in [1.165, 1.54) is 5.56 Å². The second-order valence-corrected chi connectivity index (χ2v) is 9.21. The number of hydrogen-bond acceptors (Lipinski definition) is 5. The van der Waals surface area contributed by atoms with Crippen molar-refractivity contribution in [3.05, 3.63) is 88.0 Å². The molecule has 1 amide bonds. The zero-order valence-electron chi connectivity index (χ0n) is 18.8. The van der Waals surface area contributed by atoms with Crippen LogP contribution in [0.5, 0.6) is 0 Å². The second kappa shape index (κ2) is 11.7. The lowest BCUT2D eigenvalue weighted by Crippen LogP contribution is -2.41. The summed E-state index contributed by atoms with van der Waals surface area (Å²) in [5, 5.41) is 16.8. The number of piperidine rings is 1. The molecule has 2 heterocycles. The van der Waals surface area contributed by atoms with Gasteiger partial charge >= 0.3 is 0 Å². The maximum absolute atomic E-state index is 13.0. The van der Waals surface area contributed by atoms with E-state index in [0.717, 1.165) is 25.9 Å². The van der Waals surface area contributed by atoms with Crippen molar-refractivity contribution in [2.75, 3.05) is 30.3 Å². The number of aromatic nitrogens is 1. The molecule has 0 spiro atoms. The molecule has 1 atom stereocenters. The predicted molar refractivity (Wildman–Crippen MR) is 138 cm³/mol. The topological polar surface area (TPSA) is 77.5 Å². The van der Waals surface area contributed by atoms with Gasteiger partial charge in [-0.05, 0) is 55.2 Å². The monoisotopic (exact) mass is 498 g/mol. The Hall–Kier alpha value is -2.64. The number of hydrogen-bond donors (Lipinski definition) is 3. The summed E-state index contributed by atoms with van der Waals surface area (Å²) in [6, 6.07) is 21.0. The molecule has 8 heteroatoms.